The van der Waals surface area contributed by atoms with Crippen molar-refractivity contribution >= 4 is 5.91 Å². The van der Waals surface area contributed by atoms with E-state index in [0.29, 0.717) is 0 Å². The second kappa shape index (κ2) is 8.53. The largest absolute Gasteiger partial charge is 0.375 e. The van der Waals surface area contributed by atoms with Crippen molar-refractivity contribution in [3.63, 3.8) is 0 Å². The molecule has 1 N–H and O–H groups in total. The van der Waals surface area contributed by atoms with Gasteiger partial charge in [0.15, 0.2) is 5.60 Å². The van der Waals surface area contributed by atoms with Crippen LogP contribution < -0.4 is 0 Å². The number of likely N-dealkylation sites (N-methyl/N-ethyl adjacent to an activating group) is 1. The third-order valence-electron chi connectivity index (χ3n) is 6.61. The molecule has 1 saturated heterocycles. The van der Waals surface area contributed by atoms with Crippen molar-refractivity contribution in [2.24, 2.45) is 5.92 Å². The summed E-state index contributed by atoms with van der Waals surface area (Å²) in [6.45, 7) is 5.32. The van der Waals surface area contributed by atoms with Gasteiger partial charge in [-0.25, -0.2) is 0 Å². The highest BCUT2D eigenvalue weighted by atomic mass is 16.3. The van der Waals surface area contributed by atoms with E-state index in [9.17, 15) is 9.90 Å². The first-order chi connectivity index (χ1) is 12.6. The normalized spacial score (nSPS) is 22.7. The van der Waals surface area contributed by atoms with Gasteiger partial charge < -0.3 is 14.9 Å². The first kappa shape index (κ1) is 19.4. The Hall–Kier alpha value is -1.39. The highest BCUT2D eigenvalue weighted by Crippen LogP contribution is 2.41. The SMILES string of the molecule is CCN1CCC(N(C)C(=O)C(O)(c2ccccc2)C2CCCCC2)CC1. The molecule has 1 aromatic rings. The molecule has 0 bridgehead atoms. The van der Waals surface area contributed by atoms with E-state index in [2.05, 4.69) is 11.8 Å². The van der Waals surface area contributed by atoms with Gasteiger partial charge in [0.2, 0.25) is 0 Å². The fraction of sp³-hybridized carbons (Fsp3) is 0.682. The van der Waals surface area contributed by atoms with E-state index in [-0.39, 0.29) is 17.9 Å². The van der Waals surface area contributed by atoms with Crippen LogP contribution in [-0.4, -0.2) is 53.5 Å². The van der Waals surface area contributed by atoms with E-state index in [1.165, 1.54) is 6.42 Å². The average Bonchev–Trinajstić information content (AvgIpc) is 2.73. The van der Waals surface area contributed by atoms with Gasteiger partial charge in [0.25, 0.3) is 5.91 Å². The van der Waals surface area contributed by atoms with Crippen molar-refractivity contribution < 1.29 is 9.90 Å². The molecule has 1 aliphatic carbocycles. The summed E-state index contributed by atoms with van der Waals surface area (Å²) in [5, 5.41) is 11.8. The second-order valence-corrected chi connectivity index (χ2v) is 8.05. The third-order valence-corrected chi connectivity index (χ3v) is 6.61. The van der Waals surface area contributed by atoms with E-state index < -0.39 is 5.60 Å². The Morgan fingerprint density at radius 3 is 2.31 bits per heavy atom. The fourth-order valence-corrected chi connectivity index (χ4v) is 4.80. The summed E-state index contributed by atoms with van der Waals surface area (Å²) in [5.74, 6) is -0.0881. The summed E-state index contributed by atoms with van der Waals surface area (Å²) in [6.07, 6.45) is 7.26. The molecule has 0 spiro atoms. The Balaban J connectivity index is 1.83. The van der Waals surface area contributed by atoms with E-state index in [1.54, 1.807) is 0 Å². The molecule has 3 rings (SSSR count). The zero-order chi connectivity index (χ0) is 18.6. The molecule has 26 heavy (non-hydrogen) atoms. The number of benzene rings is 1. The van der Waals surface area contributed by atoms with Crippen LogP contribution in [0.3, 0.4) is 0 Å². The summed E-state index contributed by atoms with van der Waals surface area (Å²) >= 11 is 0. The minimum Gasteiger partial charge on any atom is -0.375 e. The number of carbonyl (C=O) groups excluding carboxylic acids is 1. The van der Waals surface area contributed by atoms with Crippen molar-refractivity contribution in [1.29, 1.82) is 0 Å². The summed E-state index contributed by atoms with van der Waals surface area (Å²) < 4.78 is 0. The van der Waals surface area contributed by atoms with Crippen molar-refractivity contribution in [2.45, 2.75) is 63.5 Å². The molecule has 1 unspecified atom stereocenters. The van der Waals surface area contributed by atoms with Crippen molar-refractivity contribution in [2.75, 3.05) is 26.7 Å². The number of hydrogen-bond donors (Lipinski definition) is 1. The minimum absolute atomic E-state index is 0.0179. The summed E-state index contributed by atoms with van der Waals surface area (Å²) in [5.41, 5.74) is -0.632. The van der Waals surface area contributed by atoms with Crippen LogP contribution in [0.4, 0.5) is 0 Å². The Labute approximate surface area is 158 Å². The molecule has 1 aliphatic heterocycles. The zero-order valence-corrected chi connectivity index (χ0v) is 16.4. The molecule has 2 fully saturated rings. The predicted molar refractivity (Wildman–Crippen MR) is 105 cm³/mol. The molecule has 1 atom stereocenters. The number of hydrogen-bond acceptors (Lipinski definition) is 3. The lowest BCUT2D eigenvalue weighted by Crippen LogP contribution is -2.55. The van der Waals surface area contributed by atoms with Crippen LogP contribution in [-0.2, 0) is 10.4 Å². The van der Waals surface area contributed by atoms with Gasteiger partial charge >= 0.3 is 0 Å². The summed E-state index contributed by atoms with van der Waals surface area (Å²) in [6, 6.07) is 9.86. The van der Waals surface area contributed by atoms with Gasteiger partial charge in [0.05, 0.1) is 0 Å². The Kier molecular flexibility index (Phi) is 6.36. The molecule has 0 aromatic heterocycles. The van der Waals surface area contributed by atoms with Crippen LogP contribution in [0.15, 0.2) is 30.3 Å². The highest BCUT2D eigenvalue weighted by Gasteiger charge is 2.48. The number of carbonyl (C=O) groups is 1. The first-order valence-corrected chi connectivity index (χ1v) is 10.3. The lowest BCUT2D eigenvalue weighted by atomic mass is 9.72. The molecular weight excluding hydrogens is 324 g/mol. The topological polar surface area (TPSA) is 43.8 Å². The number of nitrogens with zero attached hydrogens (tertiary/aromatic N) is 2. The second-order valence-electron chi connectivity index (χ2n) is 8.05. The standard InChI is InChI=1S/C22H34N2O2/c1-3-24-16-14-20(15-17-24)23(2)21(25)22(26,18-10-6-4-7-11-18)19-12-8-5-9-13-19/h4,6-7,10-11,19-20,26H,3,5,8-9,12-17H2,1-2H3. The smallest absolute Gasteiger partial charge is 0.259 e. The van der Waals surface area contributed by atoms with Gasteiger partial charge in [-0.05, 0) is 37.8 Å². The molecular formula is C22H34N2O2. The number of aliphatic hydroxyl groups is 1. The quantitative estimate of drug-likeness (QED) is 0.877. The Bertz CT molecular complexity index is 577. The van der Waals surface area contributed by atoms with Crippen molar-refractivity contribution in [3.05, 3.63) is 35.9 Å². The highest BCUT2D eigenvalue weighted by molar-refractivity contribution is 5.87. The molecule has 0 radical (unpaired) electrons. The lowest BCUT2D eigenvalue weighted by Gasteiger charge is -2.43. The molecule has 1 aromatic carbocycles. The van der Waals surface area contributed by atoms with E-state index in [1.807, 2.05) is 42.3 Å². The monoisotopic (exact) mass is 358 g/mol. The van der Waals surface area contributed by atoms with Crippen LogP contribution in [0.1, 0.15) is 57.4 Å². The maximum atomic E-state index is 13.6. The fourth-order valence-electron chi connectivity index (χ4n) is 4.80. The van der Waals surface area contributed by atoms with Gasteiger partial charge in [-0.2, -0.15) is 0 Å². The van der Waals surface area contributed by atoms with Crippen LogP contribution in [0, 0.1) is 5.92 Å². The molecule has 2 aliphatic rings. The van der Waals surface area contributed by atoms with E-state index >= 15 is 0 Å². The third kappa shape index (κ3) is 3.81. The number of likely N-dealkylation sites (tertiary alicyclic amines) is 1. The predicted octanol–water partition coefficient (Wildman–Crippen LogP) is 3.40. The lowest BCUT2D eigenvalue weighted by molar-refractivity contribution is -0.163. The van der Waals surface area contributed by atoms with Gasteiger partial charge in [-0.15, -0.1) is 0 Å². The van der Waals surface area contributed by atoms with E-state index in [0.717, 1.165) is 63.7 Å². The van der Waals surface area contributed by atoms with Crippen molar-refractivity contribution in [3.8, 4) is 0 Å². The van der Waals surface area contributed by atoms with E-state index in [4.69, 9.17) is 0 Å². The van der Waals surface area contributed by atoms with Crippen LogP contribution in [0.2, 0.25) is 0 Å². The molecule has 4 heteroatoms. The maximum Gasteiger partial charge on any atom is 0.259 e. The number of rotatable bonds is 5. The van der Waals surface area contributed by atoms with Crippen molar-refractivity contribution in [1.82, 2.24) is 9.80 Å². The Morgan fingerprint density at radius 1 is 1.12 bits per heavy atom. The molecule has 1 amide bonds. The van der Waals surface area contributed by atoms with Crippen LogP contribution >= 0.6 is 0 Å². The number of amides is 1. The average molecular weight is 359 g/mol. The number of piperidine rings is 1. The minimum atomic E-state index is -1.39. The Morgan fingerprint density at radius 2 is 1.73 bits per heavy atom. The zero-order valence-electron chi connectivity index (χ0n) is 16.4. The van der Waals surface area contributed by atoms with Gasteiger partial charge in [0, 0.05) is 32.1 Å². The molecule has 1 saturated carbocycles. The van der Waals surface area contributed by atoms with Gasteiger partial charge in [0.1, 0.15) is 0 Å². The summed E-state index contributed by atoms with van der Waals surface area (Å²) in [4.78, 5) is 17.9. The first-order valence-electron chi connectivity index (χ1n) is 10.3. The molecule has 144 valence electrons. The van der Waals surface area contributed by atoms with Crippen LogP contribution in [0.5, 0.6) is 0 Å². The molecule has 1 heterocycles. The van der Waals surface area contributed by atoms with Gasteiger partial charge in [-0.1, -0.05) is 56.5 Å². The van der Waals surface area contributed by atoms with Crippen LogP contribution in [0.25, 0.3) is 0 Å². The maximum absolute atomic E-state index is 13.6. The van der Waals surface area contributed by atoms with Gasteiger partial charge in [-0.3, -0.25) is 4.79 Å². The molecule has 4 nitrogen and oxygen atoms in total. The summed E-state index contributed by atoms with van der Waals surface area (Å²) in [7, 11) is 1.89.